The lowest BCUT2D eigenvalue weighted by atomic mass is 10.1. The first kappa shape index (κ1) is 11.6. The molecule has 1 aliphatic heterocycles. The lowest BCUT2D eigenvalue weighted by molar-refractivity contribution is -0.116. The largest absolute Gasteiger partial charge is 0.311 e. The molecule has 0 fully saturated rings. The van der Waals surface area contributed by atoms with Gasteiger partial charge in [-0.3, -0.25) is 4.79 Å². The molecule has 86 valence electrons. The van der Waals surface area contributed by atoms with Crippen molar-refractivity contribution in [3.8, 4) is 0 Å². The van der Waals surface area contributed by atoms with E-state index in [-0.39, 0.29) is 5.91 Å². The molecule has 0 saturated carbocycles. The molecule has 2 rings (SSSR count). The molecule has 0 bridgehead atoms. The van der Waals surface area contributed by atoms with E-state index in [9.17, 15) is 4.79 Å². The highest BCUT2D eigenvalue weighted by atomic mass is 79.9. The fourth-order valence-corrected chi connectivity index (χ4v) is 2.44. The zero-order valence-electron chi connectivity index (χ0n) is 9.53. The van der Waals surface area contributed by atoms with Crippen molar-refractivity contribution in [2.45, 2.75) is 13.5 Å². The van der Waals surface area contributed by atoms with Crippen LogP contribution in [0.3, 0.4) is 0 Å². The van der Waals surface area contributed by atoms with Crippen LogP contribution >= 0.6 is 15.9 Å². The van der Waals surface area contributed by atoms with Crippen molar-refractivity contribution in [1.82, 2.24) is 4.90 Å². The molecule has 0 unspecified atom stereocenters. The number of carbonyl (C=O) groups excluding carboxylic acids is 1. The molecule has 0 N–H and O–H groups in total. The summed E-state index contributed by atoms with van der Waals surface area (Å²) in [6.07, 6.45) is 0. The first-order valence-electron chi connectivity index (χ1n) is 5.33. The predicted octanol–water partition coefficient (Wildman–Crippen LogP) is 2.25. The highest BCUT2D eigenvalue weighted by Gasteiger charge is 2.20. The first-order chi connectivity index (χ1) is 7.58. The number of likely N-dealkylation sites (N-methyl/N-ethyl adjacent to an activating group) is 1. The van der Waals surface area contributed by atoms with Gasteiger partial charge in [0.15, 0.2) is 0 Å². The average Bonchev–Trinajstić information content (AvgIpc) is 2.35. The lowest BCUT2D eigenvalue weighted by Gasteiger charge is -2.20. The molecule has 1 aromatic rings. The molecule has 0 atom stereocenters. The monoisotopic (exact) mass is 282 g/mol. The van der Waals surface area contributed by atoms with Crippen LogP contribution in [-0.2, 0) is 11.3 Å². The second-order valence-corrected chi connectivity index (χ2v) is 5.10. The van der Waals surface area contributed by atoms with Gasteiger partial charge in [0.2, 0.25) is 5.91 Å². The van der Waals surface area contributed by atoms with Crippen LogP contribution < -0.4 is 4.90 Å². The average molecular weight is 283 g/mol. The number of hydrogen-bond acceptors (Lipinski definition) is 2. The number of hydrogen-bond donors (Lipinski definition) is 0. The van der Waals surface area contributed by atoms with Gasteiger partial charge in [0.25, 0.3) is 0 Å². The van der Waals surface area contributed by atoms with Crippen molar-refractivity contribution in [2.75, 3.05) is 25.0 Å². The maximum absolute atomic E-state index is 11.6. The van der Waals surface area contributed by atoms with Gasteiger partial charge >= 0.3 is 0 Å². The summed E-state index contributed by atoms with van der Waals surface area (Å²) in [6.45, 7) is 4.18. The number of benzene rings is 1. The van der Waals surface area contributed by atoms with Gasteiger partial charge in [-0.2, -0.15) is 0 Å². The van der Waals surface area contributed by atoms with Gasteiger partial charge in [-0.15, -0.1) is 0 Å². The second kappa shape index (κ2) is 4.55. The molecular weight excluding hydrogens is 268 g/mol. The Morgan fingerprint density at radius 2 is 2.12 bits per heavy atom. The number of nitrogens with zero attached hydrogens (tertiary/aromatic N) is 2. The molecule has 0 saturated heterocycles. The van der Waals surface area contributed by atoms with E-state index in [4.69, 9.17) is 0 Å². The van der Waals surface area contributed by atoms with Gasteiger partial charge in [0.1, 0.15) is 0 Å². The normalized spacial score (nSPS) is 16.8. The molecule has 0 aromatic heterocycles. The standard InChI is InChI=1S/C12H15BrN2O/c1-9(16)15-6-5-14(2)8-10-7-11(13)3-4-12(10)15/h3-4,7H,5-6,8H2,1-2H3. The number of fused-ring (bicyclic) bond motifs is 1. The third-order valence-electron chi connectivity index (χ3n) is 2.86. The molecule has 1 aromatic carbocycles. The van der Waals surface area contributed by atoms with Crippen LogP contribution in [0.1, 0.15) is 12.5 Å². The van der Waals surface area contributed by atoms with E-state index in [2.05, 4.69) is 33.9 Å². The van der Waals surface area contributed by atoms with Crippen molar-refractivity contribution >= 4 is 27.5 Å². The quantitative estimate of drug-likeness (QED) is 0.729. The van der Waals surface area contributed by atoms with Crippen LogP contribution in [0, 0.1) is 0 Å². The van der Waals surface area contributed by atoms with Crippen LogP contribution in [-0.4, -0.2) is 30.9 Å². The van der Waals surface area contributed by atoms with Crippen LogP contribution in [0.4, 0.5) is 5.69 Å². The Kier molecular flexibility index (Phi) is 3.30. The summed E-state index contributed by atoms with van der Waals surface area (Å²) < 4.78 is 1.06. The number of carbonyl (C=O) groups is 1. The zero-order chi connectivity index (χ0) is 11.7. The smallest absolute Gasteiger partial charge is 0.223 e. The third kappa shape index (κ3) is 2.28. The Morgan fingerprint density at radius 3 is 2.81 bits per heavy atom. The number of amides is 1. The van der Waals surface area contributed by atoms with Gasteiger partial charge < -0.3 is 9.80 Å². The summed E-state index contributed by atoms with van der Waals surface area (Å²) in [5.74, 6) is 0.110. The molecule has 0 radical (unpaired) electrons. The van der Waals surface area contributed by atoms with E-state index in [1.807, 2.05) is 17.0 Å². The Morgan fingerprint density at radius 1 is 1.38 bits per heavy atom. The van der Waals surface area contributed by atoms with Gasteiger partial charge in [-0.25, -0.2) is 0 Å². The summed E-state index contributed by atoms with van der Waals surface area (Å²) in [5, 5.41) is 0. The van der Waals surface area contributed by atoms with Gasteiger partial charge in [0, 0.05) is 36.7 Å². The highest BCUT2D eigenvalue weighted by molar-refractivity contribution is 9.10. The van der Waals surface area contributed by atoms with Crippen LogP contribution in [0.5, 0.6) is 0 Å². The first-order valence-corrected chi connectivity index (χ1v) is 6.12. The van der Waals surface area contributed by atoms with Crippen LogP contribution in [0.2, 0.25) is 0 Å². The van der Waals surface area contributed by atoms with Crippen LogP contribution in [0.25, 0.3) is 0 Å². The summed E-state index contributed by atoms with van der Waals surface area (Å²) in [7, 11) is 2.08. The minimum absolute atomic E-state index is 0.110. The second-order valence-electron chi connectivity index (χ2n) is 4.18. The topological polar surface area (TPSA) is 23.6 Å². The van der Waals surface area contributed by atoms with Crippen molar-refractivity contribution in [3.05, 3.63) is 28.2 Å². The number of anilines is 1. The maximum Gasteiger partial charge on any atom is 0.223 e. The van der Waals surface area contributed by atoms with Crippen molar-refractivity contribution in [2.24, 2.45) is 0 Å². The summed E-state index contributed by atoms with van der Waals surface area (Å²) >= 11 is 3.47. The van der Waals surface area contributed by atoms with E-state index in [0.717, 1.165) is 29.8 Å². The Bertz CT molecular complexity index is 419. The van der Waals surface area contributed by atoms with E-state index in [1.165, 1.54) is 5.56 Å². The minimum atomic E-state index is 0.110. The maximum atomic E-state index is 11.6. The molecule has 4 heteroatoms. The van der Waals surface area contributed by atoms with Gasteiger partial charge in [-0.1, -0.05) is 15.9 Å². The predicted molar refractivity (Wildman–Crippen MR) is 68.5 cm³/mol. The van der Waals surface area contributed by atoms with E-state index < -0.39 is 0 Å². The fourth-order valence-electron chi connectivity index (χ4n) is 2.03. The molecule has 1 aliphatic rings. The van der Waals surface area contributed by atoms with Crippen LogP contribution in [0.15, 0.2) is 22.7 Å². The SMILES string of the molecule is CC(=O)N1CCN(C)Cc2cc(Br)ccc21. The molecule has 1 amide bonds. The third-order valence-corrected chi connectivity index (χ3v) is 3.35. The Labute approximate surface area is 104 Å². The number of rotatable bonds is 0. The fraction of sp³-hybridized carbons (Fsp3) is 0.417. The summed E-state index contributed by atoms with van der Waals surface area (Å²) in [5.41, 5.74) is 2.24. The van der Waals surface area contributed by atoms with Gasteiger partial charge in [-0.05, 0) is 30.8 Å². The number of halogens is 1. The van der Waals surface area contributed by atoms with Gasteiger partial charge in [0.05, 0.1) is 0 Å². The molecular formula is C12H15BrN2O. The summed E-state index contributed by atoms with van der Waals surface area (Å²) in [6, 6.07) is 6.09. The Hall–Kier alpha value is -0.870. The summed E-state index contributed by atoms with van der Waals surface area (Å²) in [4.78, 5) is 15.7. The van der Waals surface area contributed by atoms with E-state index >= 15 is 0 Å². The van der Waals surface area contributed by atoms with Crippen molar-refractivity contribution in [3.63, 3.8) is 0 Å². The molecule has 0 aliphatic carbocycles. The van der Waals surface area contributed by atoms with Crippen molar-refractivity contribution in [1.29, 1.82) is 0 Å². The van der Waals surface area contributed by atoms with E-state index in [1.54, 1.807) is 6.92 Å². The Balaban J connectivity index is 2.46. The lowest BCUT2D eigenvalue weighted by Crippen LogP contribution is -2.33. The molecule has 3 nitrogen and oxygen atoms in total. The molecule has 16 heavy (non-hydrogen) atoms. The van der Waals surface area contributed by atoms with E-state index in [0.29, 0.717) is 0 Å². The molecule has 1 heterocycles. The highest BCUT2D eigenvalue weighted by Crippen LogP contribution is 2.27. The van der Waals surface area contributed by atoms with Crippen molar-refractivity contribution < 1.29 is 4.79 Å². The zero-order valence-corrected chi connectivity index (χ0v) is 11.1. The molecule has 0 spiro atoms. The minimum Gasteiger partial charge on any atom is -0.311 e.